The van der Waals surface area contributed by atoms with Gasteiger partial charge >= 0.3 is 0 Å². The SMILES string of the molecule is CC(=O)c1ccc(C=O)c(F)c1I. The van der Waals surface area contributed by atoms with Gasteiger partial charge in [0.1, 0.15) is 5.82 Å². The summed E-state index contributed by atoms with van der Waals surface area (Å²) in [7, 11) is 0. The van der Waals surface area contributed by atoms with Crippen molar-refractivity contribution in [1.82, 2.24) is 0 Å². The Morgan fingerprint density at radius 3 is 2.62 bits per heavy atom. The molecule has 0 aliphatic rings. The maximum Gasteiger partial charge on any atom is 0.160 e. The van der Waals surface area contributed by atoms with Gasteiger partial charge in [-0.25, -0.2) is 4.39 Å². The number of Topliss-reactive ketones (excluding diaryl/α,β-unsaturated/α-hetero) is 1. The van der Waals surface area contributed by atoms with Crippen LogP contribution in [-0.2, 0) is 0 Å². The van der Waals surface area contributed by atoms with Gasteiger partial charge in [0.25, 0.3) is 0 Å². The quantitative estimate of drug-likeness (QED) is 0.476. The van der Waals surface area contributed by atoms with Gasteiger partial charge in [-0.1, -0.05) is 0 Å². The molecule has 0 spiro atoms. The van der Waals surface area contributed by atoms with E-state index in [0.29, 0.717) is 11.8 Å². The fraction of sp³-hybridized carbons (Fsp3) is 0.111. The van der Waals surface area contributed by atoms with E-state index in [1.807, 2.05) is 0 Å². The van der Waals surface area contributed by atoms with E-state index in [4.69, 9.17) is 0 Å². The van der Waals surface area contributed by atoms with E-state index in [1.54, 1.807) is 22.6 Å². The summed E-state index contributed by atoms with van der Waals surface area (Å²) in [5, 5.41) is 0. The molecule has 0 atom stereocenters. The van der Waals surface area contributed by atoms with Crippen LogP contribution < -0.4 is 0 Å². The third-order valence-corrected chi connectivity index (χ3v) is 2.67. The Morgan fingerprint density at radius 1 is 1.54 bits per heavy atom. The molecule has 0 amide bonds. The summed E-state index contributed by atoms with van der Waals surface area (Å²) in [6.07, 6.45) is 0.432. The van der Waals surface area contributed by atoms with Gasteiger partial charge in [-0.2, -0.15) is 0 Å². The number of ketones is 1. The standard InChI is InChI=1S/C9H6FIO2/c1-5(13)7-3-2-6(4-12)8(10)9(7)11/h2-4H,1H3. The van der Waals surface area contributed by atoms with Gasteiger partial charge in [-0.05, 0) is 41.6 Å². The van der Waals surface area contributed by atoms with Crippen molar-refractivity contribution < 1.29 is 14.0 Å². The summed E-state index contributed by atoms with van der Waals surface area (Å²) in [5.74, 6) is -0.830. The first-order valence-electron chi connectivity index (χ1n) is 3.52. The van der Waals surface area contributed by atoms with Crippen LogP contribution in [0.15, 0.2) is 12.1 Å². The van der Waals surface area contributed by atoms with E-state index in [1.165, 1.54) is 19.1 Å². The smallest absolute Gasteiger partial charge is 0.160 e. The lowest BCUT2D eigenvalue weighted by Crippen LogP contribution is -2.01. The number of aldehydes is 1. The van der Waals surface area contributed by atoms with Gasteiger partial charge in [0.15, 0.2) is 12.1 Å². The van der Waals surface area contributed by atoms with Gasteiger partial charge in [-0.3, -0.25) is 9.59 Å². The van der Waals surface area contributed by atoms with Crippen LogP contribution in [-0.4, -0.2) is 12.1 Å². The summed E-state index contributed by atoms with van der Waals surface area (Å²) in [6.45, 7) is 1.36. The average Bonchev–Trinajstić information content (AvgIpc) is 2.09. The molecule has 1 rings (SSSR count). The van der Waals surface area contributed by atoms with Crippen molar-refractivity contribution in [3.05, 3.63) is 32.6 Å². The number of rotatable bonds is 2. The van der Waals surface area contributed by atoms with Crippen molar-refractivity contribution in [3.63, 3.8) is 0 Å². The summed E-state index contributed by atoms with van der Waals surface area (Å²) in [6, 6.07) is 2.76. The molecule has 0 aromatic heterocycles. The molecule has 0 unspecified atom stereocenters. The Bertz CT molecular complexity index is 374. The highest BCUT2D eigenvalue weighted by Gasteiger charge is 2.12. The number of carbonyl (C=O) groups is 2. The molecule has 2 nitrogen and oxygen atoms in total. The van der Waals surface area contributed by atoms with E-state index in [-0.39, 0.29) is 14.9 Å². The van der Waals surface area contributed by atoms with Crippen molar-refractivity contribution >= 4 is 34.7 Å². The average molecular weight is 292 g/mol. The number of benzene rings is 1. The molecule has 1 aromatic rings. The Morgan fingerprint density at radius 2 is 2.15 bits per heavy atom. The van der Waals surface area contributed by atoms with E-state index >= 15 is 0 Å². The molecule has 0 heterocycles. The number of hydrogen-bond acceptors (Lipinski definition) is 2. The van der Waals surface area contributed by atoms with Crippen molar-refractivity contribution in [2.45, 2.75) is 6.92 Å². The minimum Gasteiger partial charge on any atom is -0.298 e. The third-order valence-electron chi connectivity index (χ3n) is 1.62. The Kier molecular flexibility index (Phi) is 3.13. The molecule has 0 aliphatic heterocycles. The molecular weight excluding hydrogens is 286 g/mol. The molecule has 0 saturated heterocycles. The second kappa shape index (κ2) is 3.95. The highest BCUT2D eigenvalue weighted by molar-refractivity contribution is 14.1. The van der Waals surface area contributed by atoms with Crippen molar-refractivity contribution in [3.8, 4) is 0 Å². The van der Waals surface area contributed by atoms with Gasteiger partial charge < -0.3 is 0 Å². The minimum absolute atomic E-state index is 0.0191. The van der Waals surface area contributed by atoms with Crippen molar-refractivity contribution in [2.24, 2.45) is 0 Å². The van der Waals surface area contributed by atoms with Crippen LogP contribution in [0.2, 0.25) is 0 Å². The van der Waals surface area contributed by atoms with Gasteiger partial charge in [-0.15, -0.1) is 0 Å². The Labute approximate surface area is 88.3 Å². The lowest BCUT2D eigenvalue weighted by atomic mass is 10.1. The van der Waals surface area contributed by atoms with Crippen LogP contribution in [0, 0.1) is 9.39 Å². The summed E-state index contributed by atoms with van der Waals surface area (Å²) < 4.78 is 13.4. The topological polar surface area (TPSA) is 34.1 Å². The predicted octanol–water partition coefficient (Wildman–Crippen LogP) is 2.45. The molecule has 0 aliphatic carbocycles. The van der Waals surface area contributed by atoms with Crippen LogP contribution in [0.1, 0.15) is 27.6 Å². The zero-order valence-electron chi connectivity index (χ0n) is 6.80. The highest BCUT2D eigenvalue weighted by Crippen LogP contribution is 2.19. The summed E-state index contributed by atoms with van der Waals surface area (Å²) in [5.41, 5.74) is 0.290. The fourth-order valence-electron chi connectivity index (χ4n) is 0.927. The van der Waals surface area contributed by atoms with Gasteiger partial charge in [0, 0.05) is 5.56 Å². The van der Waals surface area contributed by atoms with Gasteiger partial charge in [0.2, 0.25) is 0 Å². The molecule has 0 N–H and O–H groups in total. The normalized spacial score (nSPS) is 9.77. The van der Waals surface area contributed by atoms with E-state index < -0.39 is 5.82 Å². The molecule has 1 aromatic carbocycles. The highest BCUT2D eigenvalue weighted by atomic mass is 127. The second-order valence-corrected chi connectivity index (χ2v) is 3.58. The zero-order valence-corrected chi connectivity index (χ0v) is 8.96. The van der Waals surface area contributed by atoms with E-state index in [2.05, 4.69) is 0 Å². The molecule has 13 heavy (non-hydrogen) atoms. The molecule has 0 fully saturated rings. The maximum absolute atomic E-state index is 13.2. The van der Waals surface area contributed by atoms with Crippen LogP contribution in [0.4, 0.5) is 4.39 Å². The molecule has 0 bridgehead atoms. The molecule has 4 heteroatoms. The third kappa shape index (κ3) is 1.93. The van der Waals surface area contributed by atoms with Gasteiger partial charge in [0.05, 0.1) is 9.13 Å². The number of hydrogen-bond donors (Lipinski definition) is 0. The lowest BCUT2D eigenvalue weighted by molar-refractivity contribution is 0.101. The maximum atomic E-state index is 13.2. The first kappa shape index (κ1) is 10.3. The number of carbonyl (C=O) groups excluding carboxylic acids is 2. The first-order valence-corrected chi connectivity index (χ1v) is 4.60. The first-order chi connectivity index (χ1) is 6.07. The molecule has 68 valence electrons. The van der Waals surface area contributed by atoms with Crippen molar-refractivity contribution in [2.75, 3.05) is 0 Å². The monoisotopic (exact) mass is 292 g/mol. The van der Waals surface area contributed by atoms with Crippen LogP contribution >= 0.6 is 22.6 Å². The van der Waals surface area contributed by atoms with Crippen LogP contribution in [0.5, 0.6) is 0 Å². The van der Waals surface area contributed by atoms with E-state index in [0.717, 1.165) is 0 Å². The lowest BCUT2D eigenvalue weighted by Gasteiger charge is -2.02. The van der Waals surface area contributed by atoms with Crippen LogP contribution in [0.25, 0.3) is 0 Å². The Balaban J connectivity index is 3.39. The molecule has 0 saturated carbocycles. The minimum atomic E-state index is -0.622. The zero-order chi connectivity index (χ0) is 10.0. The van der Waals surface area contributed by atoms with Crippen LogP contribution in [0.3, 0.4) is 0 Å². The largest absolute Gasteiger partial charge is 0.298 e. The second-order valence-electron chi connectivity index (χ2n) is 2.50. The molecular formula is C9H6FIO2. The Hall–Kier alpha value is -0.780. The predicted molar refractivity (Wildman–Crippen MR) is 54.5 cm³/mol. The summed E-state index contributed by atoms with van der Waals surface area (Å²) >= 11 is 1.71. The van der Waals surface area contributed by atoms with E-state index in [9.17, 15) is 14.0 Å². The fourth-order valence-corrected chi connectivity index (χ4v) is 1.80. The summed E-state index contributed by atoms with van der Waals surface area (Å²) in [4.78, 5) is 21.3. The number of halogens is 2. The van der Waals surface area contributed by atoms with Crippen molar-refractivity contribution in [1.29, 1.82) is 0 Å². The molecule has 0 radical (unpaired) electrons.